The maximum absolute atomic E-state index is 12.4. The maximum Gasteiger partial charge on any atom is 0.311 e. The minimum absolute atomic E-state index is 0.0290. The number of nitrogens with zero attached hydrogens (tertiary/aromatic N) is 1. The van der Waals surface area contributed by atoms with Gasteiger partial charge in [0.15, 0.2) is 5.16 Å². The van der Waals surface area contributed by atoms with Gasteiger partial charge in [0.25, 0.3) is 5.56 Å². The molecule has 156 valence electrons. The third-order valence-corrected chi connectivity index (χ3v) is 4.82. The number of benzene rings is 1. The third kappa shape index (κ3) is 6.53. The second kappa shape index (κ2) is 10.5. The van der Waals surface area contributed by atoms with Gasteiger partial charge in [0.2, 0.25) is 5.91 Å². The molecule has 1 amide bonds. The summed E-state index contributed by atoms with van der Waals surface area (Å²) in [6.07, 6.45) is -0.118. The van der Waals surface area contributed by atoms with Crippen LogP contribution < -0.4 is 20.3 Å². The number of amides is 1. The molecule has 1 aromatic heterocycles. The average Bonchev–Trinajstić information content (AvgIpc) is 2.71. The molecule has 0 unspecified atom stereocenters. The van der Waals surface area contributed by atoms with Crippen LogP contribution in [0, 0.1) is 0 Å². The average molecular weight is 421 g/mol. The number of hydrogen-bond acceptors (Lipinski definition) is 8. The van der Waals surface area contributed by atoms with E-state index in [2.05, 4.69) is 20.0 Å². The highest BCUT2D eigenvalue weighted by Crippen LogP contribution is 2.29. The van der Waals surface area contributed by atoms with E-state index < -0.39 is 11.5 Å². The Bertz CT molecular complexity index is 930. The van der Waals surface area contributed by atoms with Gasteiger partial charge < -0.3 is 24.5 Å². The molecule has 1 heterocycles. The molecule has 29 heavy (non-hydrogen) atoms. The maximum atomic E-state index is 12.4. The van der Waals surface area contributed by atoms with Crippen molar-refractivity contribution in [2.24, 2.45) is 0 Å². The minimum atomic E-state index is -0.502. The van der Waals surface area contributed by atoms with E-state index in [1.54, 1.807) is 32.4 Å². The summed E-state index contributed by atoms with van der Waals surface area (Å²) in [5, 5.41) is 3.12. The lowest BCUT2D eigenvalue weighted by atomic mass is 10.1. The fourth-order valence-corrected chi connectivity index (χ4v) is 3.24. The van der Waals surface area contributed by atoms with Crippen LogP contribution >= 0.6 is 11.8 Å². The van der Waals surface area contributed by atoms with Gasteiger partial charge >= 0.3 is 5.97 Å². The lowest BCUT2D eigenvalue weighted by Crippen LogP contribution is -2.28. The lowest BCUT2D eigenvalue weighted by Gasteiger charge is -2.18. The molecule has 0 saturated heterocycles. The van der Waals surface area contributed by atoms with Crippen LogP contribution in [0.4, 0.5) is 0 Å². The highest BCUT2D eigenvalue weighted by molar-refractivity contribution is 7.99. The van der Waals surface area contributed by atoms with Crippen molar-refractivity contribution in [2.75, 3.05) is 27.1 Å². The van der Waals surface area contributed by atoms with Crippen LogP contribution in [0.15, 0.2) is 34.2 Å². The van der Waals surface area contributed by atoms with Crippen LogP contribution in [0.5, 0.6) is 11.5 Å². The van der Waals surface area contributed by atoms with E-state index in [0.717, 1.165) is 17.3 Å². The van der Waals surface area contributed by atoms with Crippen molar-refractivity contribution >= 4 is 23.6 Å². The zero-order valence-electron chi connectivity index (χ0n) is 16.6. The van der Waals surface area contributed by atoms with E-state index in [0.29, 0.717) is 11.5 Å². The first-order valence-electron chi connectivity index (χ1n) is 8.67. The van der Waals surface area contributed by atoms with Crippen LogP contribution in [-0.2, 0) is 20.7 Å². The summed E-state index contributed by atoms with van der Waals surface area (Å²) >= 11 is 1.06. The molecule has 2 aromatic rings. The first-order valence-corrected chi connectivity index (χ1v) is 9.66. The number of hydrogen-bond donors (Lipinski definition) is 2. The number of aromatic amines is 1. The molecule has 0 aliphatic heterocycles. The molecule has 0 spiro atoms. The Kier molecular flexibility index (Phi) is 8.08. The Labute approximate surface area is 172 Å². The van der Waals surface area contributed by atoms with E-state index in [9.17, 15) is 14.4 Å². The number of methoxy groups -OCH3 is 3. The van der Waals surface area contributed by atoms with Gasteiger partial charge in [0.05, 0.1) is 45.2 Å². The van der Waals surface area contributed by atoms with Crippen LogP contribution in [0.3, 0.4) is 0 Å². The van der Waals surface area contributed by atoms with Crippen LogP contribution in [0.2, 0.25) is 0 Å². The third-order valence-electron chi connectivity index (χ3n) is 3.95. The van der Waals surface area contributed by atoms with Gasteiger partial charge in [-0.3, -0.25) is 14.4 Å². The van der Waals surface area contributed by atoms with Crippen molar-refractivity contribution in [1.29, 1.82) is 0 Å². The van der Waals surface area contributed by atoms with E-state index >= 15 is 0 Å². The number of rotatable bonds is 9. The molecular formula is C19H23N3O6S. The molecule has 0 radical (unpaired) electrons. The van der Waals surface area contributed by atoms with Crippen LogP contribution in [-0.4, -0.2) is 48.9 Å². The van der Waals surface area contributed by atoms with Crippen LogP contribution in [0.25, 0.3) is 0 Å². The van der Waals surface area contributed by atoms with Crippen LogP contribution in [0.1, 0.15) is 24.2 Å². The molecular weight excluding hydrogens is 398 g/mol. The summed E-state index contributed by atoms with van der Waals surface area (Å²) in [6.45, 7) is 1.83. The molecule has 10 heteroatoms. The van der Waals surface area contributed by atoms with E-state index in [1.807, 2.05) is 6.92 Å². The molecule has 1 aromatic carbocycles. The molecule has 2 N–H and O–H groups in total. The summed E-state index contributed by atoms with van der Waals surface area (Å²) in [4.78, 5) is 42.2. The number of aromatic nitrogens is 2. The van der Waals surface area contributed by atoms with Gasteiger partial charge in [0, 0.05) is 11.6 Å². The highest BCUT2D eigenvalue weighted by Gasteiger charge is 2.16. The zero-order valence-corrected chi connectivity index (χ0v) is 17.4. The Balaban J connectivity index is 2.01. The fraction of sp³-hybridized carbons (Fsp3) is 0.368. The Morgan fingerprint density at radius 3 is 2.62 bits per heavy atom. The second-order valence-corrected chi connectivity index (χ2v) is 6.94. The molecule has 9 nitrogen and oxygen atoms in total. The van der Waals surface area contributed by atoms with E-state index in [1.165, 1.54) is 13.2 Å². The van der Waals surface area contributed by atoms with Crippen molar-refractivity contribution < 1.29 is 23.8 Å². The lowest BCUT2D eigenvalue weighted by molar-refractivity contribution is -0.139. The van der Waals surface area contributed by atoms with Gasteiger partial charge in [-0.05, 0) is 25.1 Å². The molecule has 2 rings (SSSR count). The summed E-state index contributed by atoms with van der Waals surface area (Å²) < 4.78 is 15.1. The van der Waals surface area contributed by atoms with Gasteiger partial charge in [-0.1, -0.05) is 11.8 Å². The Hall–Kier alpha value is -3.01. The Morgan fingerprint density at radius 2 is 1.97 bits per heavy atom. The number of thioether (sulfide) groups is 1. The molecule has 1 atom stereocenters. The first kappa shape index (κ1) is 22.3. The molecule has 0 aliphatic rings. The number of carbonyl (C=O) groups excluding carboxylic acids is 2. The van der Waals surface area contributed by atoms with Crippen molar-refractivity contribution in [3.63, 3.8) is 0 Å². The SMILES string of the molecule is COC(=O)Cc1cc(=O)[nH]c(SCC(=O)N[C@H](C)c2cc(OC)ccc2OC)n1. The minimum Gasteiger partial charge on any atom is -0.497 e. The van der Waals surface area contributed by atoms with Gasteiger partial charge in [-0.25, -0.2) is 4.98 Å². The Morgan fingerprint density at radius 1 is 1.21 bits per heavy atom. The molecule has 0 bridgehead atoms. The summed E-state index contributed by atoms with van der Waals surface area (Å²) in [5.74, 6) is 0.556. The normalized spacial score (nSPS) is 11.4. The molecule has 0 fully saturated rings. The largest absolute Gasteiger partial charge is 0.497 e. The summed E-state index contributed by atoms with van der Waals surface area (Å²) in [7, 11) is 4.38. The predicted molar refractivity (Wildman–Crippen MR) is 107 cm³/mol. The van der Waals surface area contributed by atoms with E-state index in [-0.39, 0.29) is 35.0 Å². The molecule has 0 saturated carbocycles. The van der Waals surface area contributed by atoms with Crippen molar-refractivity contribution in [2.45, 2.75) is 24.5 Å². The summed E-state index contributed by atoms with van der Waals surface area (Å²) in [6, 6.07) is 6.24. The van der Waals surface area contributed by atoms with Crippen molar-refractivity contribution in [1.82, 2.24) is 15.3 Å². The van der Waals surface area contributed by atoms with Crippen molar-refractivity contribution in [3.05, 3.63) is 45.9 Å². The van der Waals surface area contributed by atoms with Gasteiger partial charge in [-0.2, -0.15) is 0 Å². The van der Waals surface area contributed by atoms with Gasteiger partial charge in [-0.15, -0.1) is 0 Å². The van der Waals surface area contributed by atoms with Crippen molar-refractivity contribution in [3.8, 4) is 11.5 Å². The fourth-order valence-electron chi connectivity index (χ4n) is 2.54. The first-order chi connectivity index (χ1) is 13.9. The zero-order chi connectivity index (χ0) is 21.4. The smallest absolute Gasteiger partial charge is 0.311 e. The van der Waals surface area contributed by atoms with Gasteiger partial charge in [0.1, 0.15) is 11.5 Å². The summed E-state index contributed by atoms with van der Waals surface area (Å²) in [5.41, 5.74) is 0.645. The van der Waals surface area contributed by atoms with E-state index in [4.69, 9.17) is 9.47 Å². The number of ether oxygens (including phenoxy) is 3. The number of H-pyrrole nitrogens is 1. The highest BCUT2D eigenvalue weighted by atomic mass is 32.2. The quantitative estimate of drug-likeness (QED) is 0.355. The molecule has 0 aliphatic carbocycles. The standard InChI is InChI=1S/C19H23N3O6S/c1-11(14-9-13(26-2)5-6-15(14)27-3)20-17(24)10-29-19-21-12(7-16(23)22-19)8-18(25)28-4/h5-7,9,11H,8,10H2,1-4H3,(H,20,24)(H,21,22,23)/t11-/m1/s1. The topological polar surface area (TPSA) is 120 Å². The number of esters is 1. The monoisotopic (exact) mass is 421 g/mol. The second-order valence-electron chi connectivity index (χ2n) is 5.98. The number of nitrogens with one attached hydrogen (secondary N) is 2. The number of carbonyl (C=O) groups is 2. The predicted octanol–water partition coefficient (Wildman–Crippen LogP) is 1.47.